The Balaban J connectivity index is 1.24. The van der Waals surface area contributed by atoms with E-state index in [1.54, 1.807) is 6.20 Å². The molecule has 8 nitrogen and oxygen atoms in total. The van der Waals surface area contributed by atoms with Crippen LogP contribution in [0.15, 0.2) is 79.1 Å². The molecule has 2 aromatic carbocycles. The van der Waals surface area contributed by atoms with Crippen molar-refractivity contribution in [3.8, 4) is 17.3 Å². The highest BCUT2D eigenvalue weighted by molar-refractivity contribution is 5.97. The van der Waals surface area contributed by atoms with Crippen LogP contribution in [0.1, 0.15) is 16.2 Å². The van der Waals surface area contributed by atoms with E-state index in [9.17, 15) is 4.79 Å². The van der Waals surface area contributed by atoms with Gasteiger partial charge in [-0.3, -0.25) is 9.36 Å². The summed E-state index contributed by atoms with van der Waals surface area (Å²) < 4.78 is 7.87. The van der Waals surface area contributed by atoms with Gasteiger partial charge in [0, 0.05) is 38.6 Å². The number of anilines is 1. The molecular weight excluding hydrogens is 416 g/mol. The second-order valence-electron chi connectivity index (χ2n) is 7.78. The first kappa shape index (κ1) is 20.7. The fourth-order valence-electron chi connectivity index (χ4n) is 3.89. The number of hydrogen-bond acceptors (Lipinski definition) is 6. The number of carbonyl (C=O) groups excluding carboxylic acids is 1. The third kappa shape index (κ3) is 4.41. The van der Waals surface area contributed by atoms with Crippen LogP contribution in [0.5, 0.6) is 11.5 Å². The van der Waals surface area contributed by atoms with Crippen LogP contribution in [0.4, 0.5) is 5.82 Å². The normalized spacial score (nSPS) is 13.7. The molecule has 1 aliphatic heterocycles. The van der Waals surface area contributed by atoms with Gasteiger partial charge in [-0.1, -0.05) is 30.3 Å². The van der Waals surface area contributed by atoms with Crippen LogP contribution in [0.25, 0.3) is 5.82 Å². The van der Waals surface area contributed by atoms with Gasteiger partial charge in [-0.2, -0.15) is 0 Å². The topological polar surface area (TPSA) is 76.4 Å². The van der Waals surface area contributed by atoms with Crippen LogP contribution in [0.3, 0.4) is 0 Å². The number of aryl methyl sites for hydroxylation is 1. The molecule has 1 aliphatic rings. The van der Waals surface area contributed by atoms with Crippen molar-refractivity contribution in [3.05, 3.63) is 90.5 Å². The van der Waals surface area contributed by atoms with Gasteiger partial charge >= 0.3 is 0 Å². The second kappa shape index (κ2) is 9.12. The molecule has 4 aromatic rings. The van der Waals surface area contributed by atoms with Crippen molar-refractivity contribution in [1.82, 2.24) is 24.6 Å². The van der Waals surface area contributed by atoms with Gasteiger partial charge in [-0.15, -0.1) is 10.2 Å². The number of para-hydroxylation sites is 2. The number of benzene rings is 2. The Morgan fingerprint density at radius 3 is 2.24 bits per heavy atom. The van der Waals surface area contributed by atoms with Crippen molar-refractivity contribution in [1.29, 1.82) is 0 Å². The molecule has 0 radical (unpaired) electrons. The molecule has 0 unspecified atom stereocenters. The lowest BCUT2D eigenvalue weighted by atomic mass is 10.1. The number of nitrogens with zero attached hydrogens (tertiary/aromatic N) is 6. The summed E-state index contributed by atoms with van der Waals surface area (Å²) in [6.07, 6.45) is 3.60. The molecule has 0 N–H and O–H groups in total. The van der Waals surface area contributed by atoms with Gasteiger partial charge in [-0.25, -0.2) is 4.98 Å². The number of piperazine rings is 1. The van der Waals surface area contributed by atoms with Crippen molar-refractivity contribution >= 4 is 11.7 Å². The molecule has 1 amide bonds. The van der Waals surface area contributed by atoms with Gasteiger partial charge < -0.3 is 14.5 Å². The molecule has 166 valence electrons. The van der Waals surface area contributed by atoms with E-state index in [0.717, 1.165) is 17.5 Å². The highest BCUT2D eigenvalue weighted by Gasteiger charge is 2.25. The summed E-state index contributed by atoms with van der Waals surface area (Å²) in [5.74, 6) is 3.63. The van der Waals surface area contributed by atoms with Crippen molar-refractivity contribution in [2.45, 2.75) is 6.92 Å². The molecule has 0 atom stereocenters. The minimum Gasteiger partial charge on any atom is -0.457 e. The van der Waals surface area contributed by atoms with Crippen molar-refractivity contribution in [2.24, 2.45) is 0 Å². The molecule has 0 spiro atoms. The number of rotatable bonds is 5. The summed E-state index contributed by atoms with van der Waals surface area (Å²) in [5, 5.41) is 8.74. The Kier molecular flexibility index (Phi) is 5.72. The van der Waals surface area contributed by atoms with Crippen LogP contribution >= 0.6 is 0 Å². The first-order chi connectivity index (χ1) is 16.2. The fourth-order valence-corrected chi connectivity index (χ4v) is 3.89. The lowest BCUT2D eigenvalue weighted by Gasteiger charge is -2.35. The number of hydrogen-bond donors (Lipinski definition) is 0. The van der Waals surface area contributed by atoms with Gasteiger partial charge in [0.05, 0.1) is 5.56 Å². The van der Waals surface area contributed by atoms with Gasteiger partial charge in [0.25, 0.3) is 5.91 Å². The fraction of sp³-hybridized carbons (Fsp3) is 0.200. The SMILES string of the molecule is Cc1nccn1-c1ccc(N2CCN(C(=O)c3ccccc3Oc3ccccc3)CC2)nn1. The molecule has 1 saturated heterocycles. The monoisotopic (exact) mass is 440 g/mol. The largest absolute Gasteiger partial charge is 0.457 e. The van der Waals surface area contributed by atoms with Crippen LogP contribution in [0.2, 0.25) is 0 Å². The van der Waals surface area contributed by atoms with Crippen molar-refractivity contribution < 1.29 is 9.53 Å². The Labute approximate surface area is 192 Å². The molecule has 8 heteroatoms. The first-order valence-electron chi connectivity index (χ1n) is 10.9. The van der Waals surface area contributed by atoms with Gasteiger partial charge in [0.1, 0.15) is 17.3 Å². The first-order valence-corrected chi connectivity index (χ1v) is 10.9. The molecular formula is C25H24N6O2. The Bertz CT molecular complexity index is 1230. The third-order valence-corrected chi connectivity index (χ3v) is 5.69. The maximum absolute atomic E-state index is 13.3. The smallest absolute Gasteiger partial charge is 0.257 e. The Morgan fingerprint density at radius 1 is 0.848 bits per heavy atom. The summed E-state index contributed by atoms with van der Waals surface area (Å²) in [4.78, 5) is 21.5. The van der Waals surface area contributed by atoms with Crippen LogP contribution in [0, 0.1) is 6.92 Å². The Morgan fingerprint density at radius 2 is 1.55 bits per heavy atom. The molecule has 0 bridgehead atoms. The molecule has 33 heavy (non-hydrogen) atoms. The summed E-state index contributed by atoms with van der Waals surface area (Å²) >= 11 is 0. The minimum atomic E-state index is -0.0294. The molecule has 0 aliphatic carbocycles. The van der Waals surface area contributed by atoms with E-state index in [1.807, 2.05) is 89.3 Å². The number of aromatic nitrogens is 4. The maximum Gasteiger partial charge on any atom is 0.257 e. The minimum absolute atomic E-state index is 0.0294. The molecule has 5 rings (SSSR count). The van der Waals surface area contributed by atoms with Gasteiger partial charge in [0.2, 0.25) is 0 Å². The average Bonchev–Trinajstić information content (AvgIpc) is 3.31. The van der Waals surface area contributed by atoms with Crippen LogP contribution in [-0.4, -0.2) is 56.7 Å². The highest BCUT2D eigenvalue weighted by atomic mass is 16.5. The summed E-state index contributed by atoms with van der Waals surface area (Å²) in [6.45, 7) is 4.50. The predicted octanol–water partition coefficient (Wildman–Crippen LogP) is 3.73. The number of ether oxygens (including phenoxy) is 1. The zero-order valence-corrected chi connectivity index (χ0v) is 18.3. The molecule has 3 heterocycles. The van der Waals surface area contributed by atoms with Gasteiger partial charge in [0.15, 0.2) is 11.6 Å². The van der Waals surface area contributed by atoms with Crippen LogP contribution in [-0.2, 0) is 0 Å². The molecule has 2 aromatic heterocycles. The standard InChI is InChI=1S/C25H24N6O2/c1-19-26-13-14-31(19)24-12-11-23(27-28-24)29-15-17-30(18-16-29)25(32)21-9-5-6-10-22(21)33-20-7-3-2-4-8-20/h2-14H,15-18H2,1H3. The summed E-state index contributed by atoms with van der Waals surface area (Å²) in [7, 11) is 0. The van der Waals surface area contributed by atoms with E-state index >= 15 is 0 Å². The average molecular weight is 441 g/mol. The molecule has 1 fully saturated rings. The van der Waals surface area contributed by atoms with E-state index in [2.05, 4.69) is 20.1 Å². The second-order valence-corrected chi connectivity index (χ2v) is 7.78. The van der Waals surface area contributed by atoms with E-state index in [0.29, 0.717) is 43.2 Å². The highest BCUT2D eigenvalue weighted by Crippen LogP contribution is 2.26. The maximum atomic E-state index is 13.3. The predicted molar refractivity (Wildman–Crippen MR) is 125 cm³/mol. The lowest BCUT2D eigenvalue weighted by molar-refractivity contribution is 0.0744. The zero-order valence-electron chi connectivity index (χ0n) is 18.3. The number of carbonyl (C=O) groups is 1. The zero-order chi connectivity index (χ0) is 22.6. The van der Waals surface area contributed by atoms with E-state index < -0.39 is 0 Å². The quantitative estimate of drug-likeness (QED) is 0.471. The number of imidazole rings is 1. The van der Waals surface area contributed by atoms with E-state index in [4.69, 9.17) is 4.74 Å². The lowest BCUT2D eigenvalue weighted by Crippen LogP contribution is -2.49. The Hall–Kier alpha value is -4.20. The third-order valence-electron chi connectivity index (χ3n) is 5.69. The van der Waals surface area contributed by atoms with E-state index in [1.165, 1.54) is 0 Å². The van der Waals surface area contributed by atoms with Crippen molar-refractivity contribution in [3.63, 3.8) is 0 Å². The van der Waals surface area contributed by atoms with Crippen LogP contribution < -0.4 is 9.64 Å². The van der Waals surface area contributed by atoms with Crippen molar-refractivity contribution in [2.75, 3.05) is 31.1 Å². The molecule has 0 saturated carbocycles. The summed E-state index contributed by atoms with van der Waals surface area (Å²) in [5.41, 5.74) is 0.564. The summed E-state index contributed by atoms with van der Waals surface area (Å²) in [6, 6.07) is 20.8. The number of amides is 1. The van der Waals surface area contributed by atoms with E-state index in [-0.39, 0.29) is 5.91 Å². The van der Waals surface area contributed by atoms with Gasteiger partial charge in [-0.05, 0) is 43.3 Å².